The van der Waals surface area contributed by atoms with Crippen molar-refractivity contribution in [1.82, 2.24) is 20.3 Å². The van der Waals surface area contributed by atoms with Crippen LogP contribution in [0.15, 0.2) is 30.5 Å². The fourth-order valence-corrected chi connectivity index (χ4v) is 1.41. The topological polar surface area (TPSA) is 42.7 Å². The number of nitrogens with one attached hydrogen (secondary N) is 1. The van der Waals surface area contributed by atoms with Crippen molar-refractivity contribution in [3.8, 4) is 5.69 Å². The molecule has 0 spiro atoms. The van der Waals surface area contributed by atoms with Crippen LogP contribution in [0.25, 0.3) is 5.69 Å². The van der Waals surface area contributed by atoms with E-state index in [-0.39, 0.29) is 5.82 Å². The monoisotopic (exact) mass is 234 g/mol. The Bertz CT molecular complexity index is 476. The van der Waals surface area contributed by atoms with Crippen LogP contribution >= 0.6 is 0 Å². The lowest BCUT2D eigenvalue weighted by Gasteiger charge is -2.04. The maximum atomic E-state index is 12.8. The van der Waals surface area contributed by atoms with E-state index >= 15 is 0 Å². The fraction of sp³-hybridized carbons (Fsp3) is 0.333. The third kappa shape index (κ3) is 3.10. The van der Waals surface area contributed by atoms with E-state index < -0.39 is 0 Å². The summed E-state index contributed by atoms with van der Waals surface area (Å²) in [4.78, 5) is 0. The predicted molar refractivity (Wildman–Crippen MR) is 63.3 cm³/mol. The van der Waals surface area contributed by atoms with Gasteiger partial charge in [0, 0.05) is 12.6 Å². The second-order valence-electron chi connectivity index (χ2n) is 4.17. The van der Waals surface area contributed by atoms with Crippen molar-refractivity contribution in [3.05, 3.63) is 42.0 Å². The lowest BCUT2D eigenvalue weighted by atomic mass is 10.3. The van der Waals surface area contributed by atoms with E-state index in [1.807, 2.05) is 6.20 Å². The first-order chi connectivity index (χ1) is 8.15. The Kier molecular flexibility index (Phi) is 3.49. The number of halogens is 1. The van der Waals surface area contributed by atoms with E-state index in [4.69, 9.17) is 0 Å². The van der Waals surface area contributed by atoms with Gasteiger partial charge in [-0.2, -0.15) is 0 Å². The Morgan fingerprint density at radius 3 is 2.65 bits per heavy atom. The van der Waals surface area contributed by atoms with Gasteiger partial charge in [0.25, 0.3) is 0 Å². The van der Waals surface area contributed by atoms with E-state index in [1.165, 1.54) is 12.1 Å². The van der Waals surface area contributed by atoms with E-state index in [9.17, 15) is 4.39 Å². The molecule has 0 saturated heterocycles. The molecule has 0 saturated carbocycles. The molecule has 1 aromatic heterocycles. The molecule has 1 N–H and O–H groups in total. The summed E-state index contributed by atoms with van der Waals surface area (Å²) >= 11 is 0. The molecule has 0 amide bonds. The smallest absolute Gasteiger partial charge is 0.123 e. The second kappa shape index (κ2) is 5.05. The Morgan fingerprint density at radius 2 is 2.00 bits per heavy atom. The lowest BCUT2D eigenvalue weighted by Crippen LogP contribution is -2.21. The summed E-state index contributed by atoms with van der Waals surface area (Å²) in [5, 5.41) is 11.3. The Labute approximate surface area is 99.5 Å². The van der Waals surface area contributed by atoms with Gasteiger partial charge < -0.3 is 5.32 Å². The highest BCUT2D eigenvalue weighted by atomic mass is 19.1. The van der Waals surface area contributed by atoms with Crippen molar-refractivity contribution < 1.29 is 4.39 Å². The summed E-state index contributed by atoms with van der Waals surface area (Å²) in [5.41, 5.74) is 1.66. The number of rotatable bonds is 4. The molecule has 0 atom stereocenters. The zero-order valence-corrected chi connectivity index (χ0v) is 9.89. The minimum atomic E-state index is -0.254. The van der Waals surface area contributed by atoms with Crippen LogP contribution in [-0.4, -0.2) is 21.0 Å². The zero-order chi connectivity index (χ0) is 12.3. The molecule has 1 aromatic carbocycles. The van der Waals surface area contributed by atoms with Crippen LogP contribution in [0.5, 0.6) is 0 Å². The quantitative estimate of drug-likeness (QED) is 0.878. The van der Waals surface area contributed by atoms with Gasteiger partial charge in [0.15, 0.2) is 0 Å². The molecule has 0 aliphatic carbocycles. The predicted octanol–water partition coefficient (Wildman–Crippen LogP) is 1.90. The standard InChI is InChI=1S/C12H15FN4/c1-9(2)14-7-11-8-17(16-15-11)12-5-3-10(13)4-6-12/h3-6,8-9,14H,7H2,1-2H3. The van der Waals surface area contributed by atoms with Crippen LogP contribution in [0.1, 0.15) is 19.5 Å². The average molecular weight is 234 g/mol. The maximum Gasteiger partial charge on any atom is 0.123 e. The van der Waals surface area contributed by atoms with Crippen molar-refractivity contribution in [3.63, 3.8) is 0 Å². The summed E-state index contributed by atoms with van der Waals surface area (Å²) in [6.45, 7) is 4.83. The van der Waals surface area contributed by atoms with Crippen LogP contribution in [0.4, 0.5) is 4.39 Å². The fourth-order valence-electron chi connectivity index (χ4n) is 1.41. The summed E-state index contributed by atoms with van der Waals surface area (Å²) in [7, 11) is 0. The SMILES string of the molecule is CC(C)NCc1cn(-c2ccc(F)cc2)nn1. The van der Waals surface area contributed by atoms with Gasteiger partial charge in [0.05, 0.1) is 17.6 Å². The van der Waals surface area contributed by atoms with Crippen molar-refractivity contribution in [2.45, 2.75) is 26.4 Å². The Hall–Kier alpha value is -1.75. The molecular formula is C12H15FN4. The van der Waals surface area contributed by atoms with Crippen molar-refractivity contribution in [1.29, 1.82) is 0 Å². The molecule has 0 bridgehead atoms. The van der Waals surface area contributed by atoms with Gasteiger partial charge in [-0.3, -0.25) is 0 Å². The normalized spacial score (nSPS) is 11.1. The van der Waals surface area contributed by atoms with Gasteiger partial charge in [0.1, 0.15) is 5.82 Å². The summed E-state index contributed by atoms with van der Waals surface area (Å²) < 4.78 is 14.4. The van der Waals surface area contributed by atoms with Gasteiger partial charge in [-0.1, -0.05) is 19.1 Å². The van der Waals surface area contributed by atoms with Gasteiger partial charge >= 0.3 is 0 Å². The second-order valence-corrected chi connectivity index (χ2v) is 4.17. The molecule has 1 heterocycles. The molecule has 0 radical (unpaired) electrons. The summed E-state index contributed by atoms with van der Waals surface area (Å²) in [5.74, 6) is -0.254. The molecule has 0 aliphatic rings. The van der Waals surface area contributed by atoms with E-state index in [2.05, 4.69) is 29.5 Å². The van der Waals surface area contributed by atoms with E-state index in [0.29, 0.717) is 12.6 Å². The molecule has 4 nitrogen and oxygen atoms in total. The third-order valence-electron chi connectivity index (χ3n) is 2.32. The Morgan fingerprint density at radius 1 is 1.29 bits per heavy atom. The van der Waals surface area contributed by atoms with Gasteiger partial charge in [-0.25, -0.2) is 9.07 Å². The number of aromatic nitrogens is 3. The zero-order valence-electron chi connectivity index (χ0n) is 9.89. The van der Waals surface area contributed by atoms with E-state index in [1.54, 1.807) is 16.8 Å². The Balaban J connectivity index is 2.10. The molecule has 5 heteroatoms. The van der Waals surface area contributed by atoms with Crippen LogP contribution < -0.4 is 5.32 Å². The number of benzene rings is 1. The van der Waals surface area contributed by atoms with Crippen molar-refractivity contribution in [2.24, 2.45) is 0 Å². The number of hydrogen-bond acceptors (Lipinski definition) is 3. The summed E-state index contributed by atoms with van der Waals surface area (Å²) in [6, 6.07) is 6.56. The van der Waals surface area contributed by atoms with Gasteiger partial charge in [-0.05, 0) is 24.3 Å². The first-order valence-corrected chi connectivity index (χ1v) is 5.55. The van der Waals surface area contributed by atoms with Crippen molar-refractivity contribution in [2.75, 3.05) is 0 Å². The maximum absolute atomic E-state index is 12.8. The largest absolute Gasteiger partial charge is 0.309 e. The summed E-state index contributed by atoms with van der Waals surface area (Å²) in [6.07, 6.45) is 1.84. The molecule has 0 fully saturated rings. The number of nitrogens with zero attached hydrogens (tertiary/aromatic N) is 3. The van der Waals surface area contributed by atoms with Crippen LogP contribution in [-0.2, 0) is 6.54 Å². The van der Waals surface area contributed by atoms with Crippen LogP contribution in [0, 0.1) is 5.82 Å². The van der Waals surface area contributed by atoms with E-state index in [0.717, 1.165) is 11.4 Å². The van der Waals surface area contributed by atoms with Crippen molar-refractivity contribution >= 4 is 0 Å². The molecular weight excluding hydrogens is 219 g/mol. The first kappa shape index (κ1) is 11.7. The minimum absolute atomic E-state index is 0.254. The van der Waals surface area contributed by atoms with Crippen LogP contribution in [0.2, 0.25) is 0 Å². The highest BCUT2D eigenvalue weighted by molar-refractivity contribution is 5.30. The third-order valence-corrected chi connectivity index (χ3v) is 2.32. The molecule has 2 rings (SSSR count). The molecule has 90 valence electrons. The highest BCUT2D eigenvalue weighted by Crippen LogP contribution is 2.08. The lowest BCUT2D eigenvalue weighted by molar-refractivity contribution is 0.580. The van der Waals surface area contributed by atoms with Gasteiger partial charge in [0.2, 0.25) is 0 Å². The molecule has 2 aromatic rings. The highest BCUT2D eigenvalue weighted by Gasteiger charge is 2.03. The molecule has 0 aliphatic heterocycles. The minimum Gasteiger partial charge on any atom is -0.309 e. The molecule has 17 heavy (non-hydrogen) atoms. The number of hydrogen-bond donors (Lipinski definition) is 1. The molecule has 0 unspecified atom stereocenters. The van der Waals surface area contributed by atoms with Crippen LogP contribution in [0.3, 0.4) is 0 Å². The first-order valence-electron chi connectivity index (χ1n) is 5.55. The van der Waals surface area contributed by atoms with Gasteiger partial charge in [-0.15, -0.1) is 5.10 Å². The average Bonchev–Trinajstić information content (AvgIpc) is 2.76.